The average Bonchev–Trinajstić information content (AvgIpc) is 2.62. The number of carbonyl (C=O) groups is 1. The maximum Gasteiger partial charge on any atom is 0.262 e. The molecule has 0 heterocycles. The lowest BCUT2D eigenvalue weighted by atomic mass is 10.2. The van der Waals surface area contributed by atoms with Crippen LogP contribution in [0.25, 0.3) is 0 Å². The molecule has 0 aliphatic carbocycles. The predicted octanol–water partition coefficient (Wildman–Crippen LogP) is 3.60. The molecule has 2 N–H and O–H groups in total. The molecule has 0 unspecified atom stereocenters. The minimum absolute atomic E-state index is 0.148. The summed E-state index contributed by atoms with van der Waals surface area (Å²) in [6, 6.07) is 11.1. The summed E-state index contributed by atoms with van der Waals surface area (Å²) in [5.74, 6) is 0.274. The van der Waals surface area contributed by atoms with Crippen molar-refractivity contribution in [2.75, 3.05) is 18.5 Å². The fourth-order valence-electron chi connectivity index (χ4n) is 2.14. The number of benzene rings is 2. The molecule has 0 bridgehead atoms. The van der Waals surface area contributed by atoms with Crippen LogP contribution in [0.1, 0.15) is 19.4 Å². The van der Waals surface area contributed by atoms with Gasteiger partial charge in [0.1, 0.15) is 5.75 Å². The first-order valence-electron chi connectivity index (χ1n) is 8.46. The molecule has 146 valence electrons. The van der Waals surface area contributed by atoms with Gasteiger partial charge in [-0.25, -0.2) is 13.1 Å². The number of hydrogen-bond acceptors (Lipinski definition) is 4. The van der Waals surface area contributed by atoms with E-state index in [1.807, 2.05) is 26.8 Å². The number of hydrogen-bond donors (Lipinski definition) is 2. The zero-order chi connectivity index (χ0) is 20.0. The van der Waals surface area contributed by atoms with Gasteiger partial charge in [-0.15, -0.1) is 0 Å². The largest absolute Gasteiger partial charge is 0.484 e. The normalized spacial score (nSPS) is 11.4. The highest BCUT2D eigenvalue weighted by Gasteiger charge is 2.14. The Labute approximate surface area is 164 Å². The molecule has 2 rings (SSSR count). The Kier molecular flexibility index (Phi) is 7.24. The standard InChI is InChI=1S/C19H23ClN2O4S/c1-13(2)11-21-27(24,25)17-8-6-16(7-9-17)26-12-19(23)22-18-10-15(20)5-4-14(18)3/h4-10,13,21H,11-12H2,1-3H3,(H,22,23). The van der Waals surface area contributed by atoms with E-state index in [0.717, 1.165) is 5.56 Å². The van der Waals surface area contributed by atoms with Gasteiger partial charge in [0.15, 0.2) is 6.61 Å². The molecule has 2 aromatic rings. The van der Waals surface area contributed by atoms with Gasteiger partial charge < -0.3 is 10.1 Å². The number of carbonyl (C=O) groups excluding carboxylic acids is 1. The van der Waals surface area contributed by atoms with Crippen LogP contribution in [0.2, 0.25) is 5.02 Å². The molecular formula is C19H23ClN2O4S. The predicted molar refractivity (Wildman–Crippen MR) is 107 cm³/mol. The van der Waals surface area contributed by atoms with Crippen molar-refractivity contribution in [1.82, 2.24) is 4.72 Å². The van der Waals surface area contributed by atoms with Crippen LogP contribution in [-0.4, -0.2) is 27.5 Å². The van der Waals surface area contributed by atoms with Crippen LogP contribution in [0.5, 0.6) is 5.75 Å². The molecule has 0 saturated carbocycles. The fourth-order valence-corrected chi connectivity index (χ4v) is 3.52. The van der Waals surface area contributed by atoms with E-state index in [1.54, 1.807) is 12.1 Å². The van der Waals surface area contributed by atoms with Crippen molar-refractivity contribution in [3.8, 4) is 5.75 Å². The van der Waals surface area contributed by atoms with E-state index in [9.17, 15) is 13.2 Å². The molecule has 0 aromatic heterocycles. The van der Waals surface area contributed by atoms with E-state index in [-0.39, 0.29) is 23.3 Å². The molecule has 0 radical (unpaired) electrons. The molecule has 8 heteroatoms. The molecule has 0 aliphatic rings. The third-order valence-corrected chi connectivity index (χ3v) is 5.33. The second-order valence-electron chi connectivity index (χ2n) is 6.51. The van der Waals surface area contributed by atoms with Crippen LogP contribution in [0.15, 0.2) is 47.4 Å². The van der Waals surface area contributed by atoms with E-state index in [2.05, 4.69) is 10.0 Å². The van der Waals surface area contributed by atoms with Crippen molar-refractivity contribution in [2.24, 2.45) is 5.92 Å². The third-order valence-electron chi connectivity index (χ3n) is 3.66. The van der Waals surface area contributed by atoms with Gasteiger partial charge in [-0.1, -0.05) is 31.5 Å². The molecule has 27 heavy (non-hydrogen) atoms. The highest BCUT2D eigenvalue weighted by molar-refractivity contribution is 7.89. The summed E-state index contributed by atoms with van der Waals surface area (Å²) in [4.78, 5) is 12.2. The molecule has 0 fully saturated rings. The van der Waals surface area contributed by atoms with Crippen LogP contribution < -0.4 is 14.8 Å². The Morgan fingerprint density at radius 2 is 1.81 bits per heavy atom. The van der Waals surface area contributed by atoms with Gasteiger partial charge in [0.25, 0.3) is 5.91 Å². The van der Waals surface area contributed by atoms with Crippen molar-refractivity contribution in [1.29, 1.82) is 0 Å². The molecule has 0 aliphatic heterocycles. The average molecular weight is 411 g/mol. The Balaban J connectivity index is 1.93. The van der Waals surface area contributed by atoms with Crippen LogP contribution in [-0.2, 0) is 14.8 Å². The second-order valence-corrected chi connectivity index (χ2v) is 8.72. The Morgan fingerprint density at radius 3 is 2.44 bits per heavy atom. The highest BCUT2D eigenvalue weighted by Crippen LogP contribution is 2.20. The van der Waals surface area contributed by atoms with Gasteiger partial charge in [-0.2, -0.15) is 0 Å². The lowest BCUT2D eigenvalue weighted by molar-refractivity contribution is -0.118. The monoisotopic (exact) mass is 410 g/mol. The molecule has 0 saturated heterocycles. The summed E-state index contributed by atoms with van der Waals surface area (Å²) in [5, 5.41) is 3.26. The second kappa shape index (κ2) is 9.21. The number of amides is 1. The lowest BCUT2D eigenvalue weighted by Crippen LogP contribution is -2.27. The van der Waals surface area contributed by atoms with Crippen LogP contribution >= 0.6 is 11.6 Å². The molecule has 0 spiro atoms. The van der Waals surface area contributed by atoms with Crippen molar-refractivity contribution in [3.05, 3.63) is 53.1 Å². The van der Waals surface area contributed by atoms with Crippen LogP contribution in [0.4, 0.5) is 5.69 Å². The number of rotatable bonds is 8. The third kappa shape index (κ3) is 6.53. The van der Waals surface area contributed by atoms with Gasteiger partial charge >= 0.3 is 0 Å². The van der Waals surface area contributed by atoms with Crippen molar-refractivity contribution in [2.45, 2.75) is 25.7 Å². The summed E-state index contributed by atoms with van der Waals surface area (Å²) >= 11 is 5.93. The van der Waals surface area contributed by atoms with Gasteiger partial charge in [0, 0.05) is 17.3 Å². The Bertz CT molecular complexity index is 896. The first kappa shape index (κ1) is 21.2. The number of sulfonamides is 1. The quantitative estimate of drug-likeness (QED) is 0.696. The van der Waals surface area contributed by atoms with E-state index >= 15 is 0 Å². The first-order chi connectivity index (χ1) is 12.7. The van der Waals surface area contributed by atoms with Gasteiger partial charge in [-0.3, -0.25) is 4.79 Å². The summed E-state index contributed by atoms with van der Waals surface area (Å²) in [7, 11) is -3.55. The summed E-state index contributed by atoms with van der Waals surface area (Å²) in [5.41, 5.74) is 1.50. The van der Waals surface area contributed by atoms with Crippen molar-refractivity contribution in [3.63, 3.8) is 0 Å². The van der Waals surface area contributed by atoms with E-state index < -0.39 is 10.0 Å². The van der Waals surface area contributed by atoms with E-state index in [4.69, 9.17) is 16.3 Å². The van der Waals surface area contributed by atoms with Crippen molar-refractivity contribution < 1.29 is 17.9 Å². The highest BCUT2D eigenvalue weighted by atomic mass is 35.5. The summed E-state index contributed by atoms with van der Waals surface area (Å²) in [6.07, 6.45) is 0. The van der Waals surface area contributed by atoms with Gasteiger partial charge in [0.05, 0.1) is 4.90 Å². The minimum Gasteiger partial charge on any atom is -0.484 e. The SMILES string of the molecule is Cc1ccc(Cl)cc1NC(=O)COc1ccc(S(=O)(=O)NCC(C)C)cc1. The Morgan fingerprint density at radius 1 is 1.15 bits per heavy atom. The number of aryl methyl sites for hydroxylation is 1. The first-order valence-corrected chi connectivity index (χ1v) is 10.3. The van der Waals surface area contributed by atoms with Gasteiger partial charge in [0.2, 0.25) is 10.0 Å². The number of nitrogens with one attached hydrogen (secondary N) is 2. The maximum atomic E-state index is 12.1. The molecule has 0 atom stereocenters. The number of halogens is 1. The summed E-state index contributed by atoms with van der Waals surface area (Å²) < 4.78 is 32.3. The summed E-state index contributed by atoms with van der Waals surface area (Å²) in [6.45, 7) is 5.87. The smallest absolute Gasteiger partial charge is 0.262 e. The van der Waals surface area contributed by atoms with Crippen LogP contribution in [0.3, 0.4) is 0 Å². The fraction of sp³-hybridized carbons (Fsp3) is 0.316. The molecule has 6 nitrogen and oxygen atoms in total. The van der Waals surface area contributed by atoms with Crippen molar-refractivity contribution >= 4 is 33.2 Å². The maximum absolute atomic E-state index is 12.1. The zero-order valence-electron chi connectivity index (χ0n) is 15.5. The van der Waals surface area contributed by atoms with E-state index in [0.29, 0.717) is 23.0 Å². The van der Waals surface area contributed by atoms with Crippen LogP contribution in [0, 0.1) is 12.8 Å². The Hall–Kier alpha value is -2.09. The van der Waals surface area contributed by atoms with E-state index in [1.165, 1.54) is 24.3 Å². The molecule has 1 amide bonds. The zero-order valence-corrected chi connectivity index (χ0v) is 17.0. The number of anilines is 1. The molecular weight excluding hydrogens is 388 g/mol. The molecule has 2 aromatic carbocycles. The van der Waals surface area contributed by atoms with Gasteiger partial charge in [-0.05, 0) is 54.8 Å². The topological polar surface area (TPSA) is 84.5 Å². The minimum atomic E-state index is -3.55. The number of ether oxygens (including phenoxy) is 1. The lowest BCUT2D eigenvalue weighted by Gasteiger charge is -2.11.